The van der Waals surface area contributed by atoms with E-state index in [2.05, 4.69) is 21.4 Å². The van der Waals surface area contributed by atoms with Gasteiger partial charge in [-0.2, -0.15) is 0 Å². The number of nitrogens with zero attached hydrogens (tertiary/aromatic N) is 3. The molecule has 0 atom stereocenters. The predicted octanol–water partition coefficient (Wildman–Crippen LogP) is 3.46. The van der Waals surface area contributed by atoms with E-state index >= 15 is 0 Å². The normalized spacial score (nSPS) is 14.4. The number of morpholine rings is 1. The molecule has 0 aliphatic carbocycles. The molecule has 1 N–H and O–H groups in total. The van der Waals surface area contributed by atoms with E-state index in [4.69, 9.17) is 4.74 Å². The van der Waals surface area contributed by atoms with Crippen molar-refractivity contribution in [2.45, 2.75) is 13.8 Å². The minimum Gasteiger partial charge on any atom is -0.378 e. The fraction of sp³-hybridized carbons (Fsp3) is 0.286. The maximum absolute atomic E-state index is 13.2. The zero-order chi connectivity index (χ0) is 18.8. The number of benzene rings is 1. The molecule has 2 aromatic heterocycles. The van der Waals surface area contributed by atoms with Crippen LogP contribution in [0.3, 0.4) is 0 Å². The molecule has 1 saturated heterocycles. The summed E-state index contributed by atoms with van der Waals surface area (Å²) in [4.78, 5) is 23.9. The van der Waals surface area contributed by atoms with Crippen LogP contribution in [0.1, 0.15) is 21.6 Å². The Kier molecular flexibility index (Phi) is 4.73. The van der Waals surface area contributed by atoms with Crippen molar-refractivity contribution in [2.24, 2.45) is 0 Å². The second-order valence-corrected chi connectivity index (χ2v) is 6.77. The van der Waals surface area contributed by atoms with Gasteiger partial charge in [-0.05, 0) is 43.7 Å². The van der Waals surface area contributed by atoms with E-state index in [0.29, 0.717) is 37.5 Å². The fourth-order valence-electron chi connectivity index (χ4n) is 3.27. The number of aryl methyl sites for hydroxylation is 2. The zero-order valence-corrected chi connectivity index (χ0v) is 15.5. The van der Waals surface area contributed by atoms with Gasteiger partial charge in [-0.25, -0.2) is 9.97 Å². The molecule has 1 aliphatic heterocycles. The van der Waals surface area contributed by atoms with Crippen LogP contribution < -0.4 is 5.32 Å². The number of pyridine rings is 2. The van der Waals surface area contributed by atoms with Gasteiger partial charge in [0.05, 0.1) is 24.5 Å². The molecule has 1 aromatic carbocycles. The number of carbonyl (C=O) groups excluding carboxylic acids is 1. The Morgan fingerprint density at radius 2 is 1.96 bits per heavy atom. The Hall–Kier alpha value is -2.99. The molecule has 0 radical (unpaired) electrons. The second-order valence-electron chi connectivity index (χ2n) is 6.77. The van der Waals surface area contributed by atoms with Gasteiger partial charge in [0.25, 0.3) is 5.91 Å². The number of rotatable bonds is 3. The molecule has 1 fully saturated rings. The first-order valence-electron chi connectivity index (χ1n) is 9.09. The van der Waals surface area contributed by atoms with Gasteiger partial charge in [0.15, 0.2) is 5.65 Å². The Labute approximate surface area is 158 Å². The fourth-order valence-corrected chi connectivity index (χ4v) is 3.27. The second kappa shape index (κ2) is 7.32. The van der Waals surface area contributed by atoms with Crippen molar-refractivity contribution in [3.05, 3.63) is 59.4 Å². The molecule has 3 heterocycles. The first-order chi connectivity index (χ1) is 13.1. The van der Waals surface area contributed by atoms with Crippen LogP contribution in [0.15, 0.2) is 42.6 Å². The summed E-state index contributed by atoms with van der Waals surface area (Å²) in [6, 6.07) is 12.0. The van der Waals surface area contributed by atoms with Crippen molar-refractivity contribution in [3.8, 4) is 0 Å². The van der Waals surface area contributed by atoms with Crippen LogP contribution in [0.4, 0.5) is 11.4 Å². The Morgan fingerprint density at radius 3 is 2.74 bits per heavy atom. The first kappa shape index (κ1) is 17.4. The monoisotopic (exact) mass is 362 g/mol. The van der Waals surface area contributed by atoms with Crippen molar-refractivity contribution < 1.29 is 9.53 Å². The number of amides is 1. The van der Waals surface area contributed by atoms with Gasteiger partial charge in [-0.15, -0.1) is 0 Å². The number of ether oxygens (including phenoxy) is 1. The smallest absolute Gasteiger partial charge is 0.257 e. The summed E-state index contributed by atoms with van der Waals surface area (Å²) in [5.41, 5.74) is 4.89. The van der Waals surface area contributed by atoms with Crippen molar-refractivity contribution >= 4 is 28.3 Å². The molecule has 0 bridgehead atoms. The van der Waals surface area contributed by atoms with E-state index in [0.717, 1.165) is 28.0 Å². The highest BCUT2D eigenvalue weighted by Gasteiger charge is 2.23. The third kappa shape index (κ3) is 3.61. The van der Waals surface area contributed by atoms with Crippen LogP contribution >= 0.6 is 0 Å². The lowest BCUT2D eigenvalue weighted by molar-refractivity contribution is 0.0303. The van der Waals surface area contributed by atoms with E-state index < -0.39 is 0 Å². The molecule has 1 aliphatic rings. The molecule has 6 heteroatoms. The average Bonchev–Trinajstić information content (AvgIpc) is 2.68. The topological polar surface area (TPSA) is 67.4 Å². The first-order valence-corrected chi connectivity index (χ1v) is 9.09. The van der Waals surface area contributed by atoms with E-state index in [1.165, 1.54) is 0 Å². The lowest BCUT2D eigenvalue weighted by Crippen LogP contribution is -2.41. The molecule has 138 valence electrons. The van der Waals surface area contributed by atoms with Crippen LogP contribution in [-0.2, 0) is 4.74 Å². The molecule has 3 aromatic rings. The number of hydrogen-bond donors (Lipinski definition) is 1. The lowest BCUT2D eigenvalue weighted by Gasteiger charge is -2.27. The summed E-state index contributed by atoms with van der Waals surface area (Å²) in [6.07, 6.45) is 1.63. The summed E-state index contributed by atoms with van der Waals surface area (Å²) in [5, 5.41) is 4.27. The highest BCUT2D eigenvalue weighted by atomic mass is 16.5. The summed E-state index contributed by atoms with van der Waals surface area (Å²) in [5.74, 6) is -0.0385. The van der Waals surface area contributed by atoms with Crippen LogP contribution in [0.5, 0.6) is 0 Å². The van der Waals surface area contributed by atoms with Crippen molar-refractivity contribution in [1.82, 2.24) is 14.9 Å². The van der Waals surface area contributed by atoms with Crippen LogP contribution in [0.25, 0.3) is 11.0 Å². The molecular formula is C21H22N4O2. The van der Waals surface area contributed by atoms with Gasteiger partial charge in [0.1, 0.15) is 0 Å². The summed E-state index contributed by atoms with van der Waals surface area (Å²) in [6.45, 7) is 6.28. The zero-order valence-electron chi connectivity index (χ0n) is 15.5. The Bertz CT molecular complexity index is 997. The van der Waals surface area contributed by atoms with E-state index in [1.807, 2.05) is 49.1 Å². The molecule has 0 spiro atoms. The molecule has 4 rings (SSSR count). The van der Waals surface area contributed by atoms with Crippen molar-refractivity contribution in [2.75, 3.05) is 31.6 Å². The summed E-state index contributed by atoms with van der Waals surface area (Å²) < 4.78 is 5.37. The number of hydrogen-bond acceptors (Lipinski definition) is 5. The predicted molar refractivity (Wildman–Crippen MR) is 105 cm³/mol. The third-order valence-electron chi connectivity index (χ3n) is 4.69. The number of fused-ring (bicyclic) bond motifs is 1. The van der Waals surface area contributed by atoms with Crippen molar-refractivity contribution in [1.29, 1.82) is 0 Å². The quantitative estimate of drug-likeness (QED) is 0.773. The van der Waals surface area contributed by atoms with Gasteiger partial charge in [-0.1, -0.05) is 12.1 Å². The average molecular weight is 362 g/mol. The van der Waals surface area contributed by atoms with Crippen LogP contribution in [-0.4, -0.2) is 47.1 Å². The molecule has 1 amide bonds. The highest BCUT2D eigenvalue weighted by molar-refractivity contribution is 6.07. The number of anilines is 2. The highest BCUT2D eigenvalue weighted by Crippen LogP contribution is 2.30. The number of aromatic nitrogens is 2. The molecule has 27 heavy (non-hydrogen) atoms. The molecular weight excluding hydrogens is 340 g/mol. The van der Waals surface area contributed by atoms with Gasteiger partial charge >= 0.3 is 0 Å². The number of carbonyl (C=O) groups is 1. The van der Waals surface area contributed by atoms with Crippen molar-refractivity contribution in [3.63, 3.8) is 0 Å². The van der Waals surface area contributed by atoms with Gasteiger partial charge in [-0.3, -0.25) is 4.79 Å². The third-order valence-corrected chi connectivity index (χ3v) is 4.69. The largest absolute Gasteiger partial charge is 0.378 e. The molecule has 0 saturated carbocycles. The lowest BCUT2D eigenvalue weighted by atomic mass is 10.1. The van der Waals surface area contributed by atoms with E-state index in [1.54, 1.807) is 6.20 Å². The maximum atomic E-state index is 13.2. The Balaban J connectivity index is 1.82. The van der Waals surface area contributed by atoms with E-state index in [-0.39, 0.29) is 5.91 Å². The van der Waals surface area contributed by atoms with Gasteiger partial charge < -0.3 is 15.0 Å². The minimum absolute atomic E-state index is 0.0385. The van der Waals surface area contributed by atoms with Gasteiger partial charge in [0.2, 0.25) is 0 Å². The number of nitrogens with one attached hydrogen (secondary N) is 1. The Morgan fingerprint density at radius 1 is 1.15 bits per heavy atom. The molecule has 6 nitrogen and oxygen atoms in total. The summed E-state index contributed by atoms with van der Waals surface area (Å²) in [7, 11) is 0. The molecule has 0 unspecified atom stereocenters. The maximum Gasteiger partial charge on any atom is 0.257 e. The minimum atomic E-state index is -0.0385. The van der Waals surface area contributed by atoms with Gasteiger partial charge in [0, 0.05) is 36.1 Å². The van der Waals surface area contributed by atoms with E-state index in [9.17, 15) is 4.79 Å². The summed E-state index contributed by atoms with van der Waals surface area (Å²) >= 11 is 0. The SMILES string of the molecule is Cc1cccc(Nc2c(C(=O)N3CCOCC3)cnc3nc(C)ccc23)c1. The standard InChI is InChI=1S/C21H22N4O2/c1-14-4-3-5-16(12-14)24-19-17-7-6-15(2)23-20(17)22-13-18(19)21(26)25-8-10-27-11-9-25/h3-7,12-13H,8-11H2,1-2H3,(H,22,23,24). The van der Waals surface area contributed by atoms with Crippen LogP contribution in [0.2, 0.25) is 0 Å². The van der Waals surface area contributed by atoms with Crippen LogP contribution in [0, 0.1) is 13.8 Å².